The number of unbranched alkanes of at least 4 members (excludes halogenated alkanes) is 1. The number of halogens is 1. The molecule has 30 heavy (non-hydrogen) atoms. The molecule has 1 heterocycles. The number of piperazine rings is 1. The number of nitriles is 1. The molecule has 2 fully saturated rings. The van der Waals surface area contributed by atoms with Crippen LogP contribution < -0.4 is 10.2 Å². The SMILES string of the molecule is Cc1cc(N2CCN(CCC3CCC(NC(=O)CCCC#N)CC3)CC2)ccc1F. The van der Waals surface area contributed by atoms with Gasteiger partial charge in [0.1, 0.15) is 5.82 Å². The fourth-order valence-electron chi connectivity index (χ4n) is 4.64. The van der Waals surface area contributed by atoms with Gasteiger partial charge in [0.25, 0.3) is 0 Å². The Labute approximate surface area is 180 Å². The van der Waals surface area contributed by atoms with Crippen LogP contribution in [0.1, 0.15) is 56.9 Å². The van der Waals surface area contributed by atoms with Gasteiger partial charge in [-0.3, -0.25) is 9.69 Å². The number of carbonyl (C=O) groups excluding carboxylic acids is 1. The zero-order valence-electron chi connectivity index (χ0n) is 18.2. The number of amides is 1. The van der Waals surface area contributed by atoms with Crippen LogP contribution in [0.3, 0.4) is 0 Å². The minimum atomic E-state index is -0.134. The van der Waals surface area contributed by atoms with E-state index in [4.69, 9.17) is 5.26 Å². The fraction of sp³-hybridized carbons (Fsp3) is 0.667. The minimum absolute atomic E-state index is 0.0999. The number of rotatable bonds is 8. The van der Waals surface area contributed by atoms with Gasteiger partial charge in [-0.25, -0.2) is 4.39 Å². The molecule has 164 valence electrons. The van der Waals surface area contributed by atoms with Gasteiger partial charge in [0.05, 0.1) is 6.07 Å². The van der Waals surface area contributed by atoms with Gasteiger partial charge in [-0.05, 0) is 81.7 Å². The molecule has 6 heteroatoms. The molecule has 1 saturated heterocycles. The molecule has 1 aliphatic carbocycles. The third-order valence-electron chi connectivity index (χ3n) is 6.64. The van der Waals surface area contributed by atoms with Crippen molar-refractivity contribution in [2.24, 2.45) is 5.92 Å². The largest absolute Gasteiger partial charge is 0.369 e. The average molecular weight is 415 g/mol. The van der Waals surface area contributed by atoms with E-state index in [9.17, 15) is 9.18 Å². The summed E-state index contributed by atoms with van der Waals surface area (Å²) >= 11 is 0. The maximum Gasteiger partial charge on any atom is 0.220 e. The van der Waals surface area contributed by atoms with E-state index in [1.807, 2.05) is 19.1 Å². The summed E-state index contributed by atoms with van der Waals surface area (Å²) in [6, 6.07) is 7.82. The van der Waals surface area contributed by atoms with E-state index >= 15 is 0 Å². The van der Waals surface area contributed by atoms with Crippen molar-refractivity contribution in [1.82, 2.24) is 10.2 Å². The number of benzene rings is 1. The van der Waals surface area contributed by atoms with Crippen LogP contribution in [0.25, 0.3) is 0 Å². The van der Waals surface area contributed by atoms with Gasteiger partial charge >= 0.3 is 0 Å². The molecule has 5 nitrogen and oxygen atoms in total. The van der Waals surface area contributed by atoms with Crippen molar-refractivity contribution in [3.05, 3.63) is 29.6 Å². The van der Waals surface area contributed by atoms with Crippen LogP contribution in [0.5, 0.6) is 0 Å². The fourth-order valence-corrected chi connectivity index (χ4v) is 4.64. The van der Waals surface area contributed by atoms with Crippen molar-refractivity contribution in [2.75, 3.05) is 37.6 Å². The Balaban J connectivity index is 1.30. The molecule has 1 N–H and O–H groups in total. The van der Waals surface area contributed by atoms with Crippen molar-refractivity contribution >= 4 is 11.6 Å². The summed E-state index contributed by atoms with van der Waals surface area (Å²) in [4.78, 5) is 16.8. The normalized spacial score (nSPS) is 22.5. The standard InChI is InChI=1S/C24H35FN4O/c1-19-18-22(9-10-23(19)25)29-16-14-28(15-17-29)13-11-20-5-7-21(8-6-20)27-24(30)4-2-3-12-26/h9-10,18,20-21H,2-8,11,13-17H2,1H3,(H,27,30). The Hall–Kier alpha value is -2.13. The van der Waals surface area contributed by atoms with Crippen molar-refractivity contribution in [3.63, 3.8) is 0 Å². The van der Waals surface area contributed by atoms with Crippen molar-refractivity contribution in [2.45, 2.75) is 64.3 Å². The maximum absolute atomic E-state index is 13.5. The molecule has 1 amide bonds. The lowest BCUT2D eigenvalue weighted by Gasteiger charge is -2.37. The van der Waals surface area contributed by atoms with Gasteiger partial charge in [0.15, 0.2) is 0 Å². The highest BCUT2D eigenvalue weighted by atomic mass is 19.1. The zero-order chi connectivity index (χ0) is 21.3. The first kappa shape index (κ1) is 22.6. The molecular weight excluding hydrogens is 379 g/mol. The van der Waals surface area contributed by atoms with Crippen LogP contribution >= 0.6 is 0 Å². The number of aryl methyl sites for hydroxylation is 1. The second kappa shape index (κ2) is 11.3. The summed E-state index contributed by atoms with van der Waals surface area (Å²) in [7, 11) is 0. The third kappa shape index (κ3) is 6.70. The van der Waals surface area contributed by atoms with E-state index in [2.05, 4.69) is 21.2 Å². The summed E-state index contributed by atoms with van der Waals surface area (Å²) < 4.78 is 13.5. The van der Waals surface area contributed by atoms with E-state index in [1.165, 1.54) is 19.3 Å². The molecule has 0 atom stereocenters. The number of hydrogen-bond acceptors (Lipinski definition) is 4. The molecule has 2 aliphatic rings. The van der Waals surface area contributed by atoms with Gasteiger partial charge in [0.2, 0.25) is 5.91 Å². The highest BCUT2D eigenvalue weighted by molar-refractivity contribution is 5.76. The summed E-state index contributed by atoms with van der Waals surface area (Å²) in [5, 5.41) is 11.7. The number of hydrogen-bond donors (Lipinski definition) is 1. The van der Waals surface area contributed by atoms with E-state index in [1.54, 1.807) is 6.07 Å². The first-order valence-corrected chi connectivity index (χ1v) is 11.4. The Kier molecular flexibility index (Phi) is 8.50. The molecule has 0 radical (unpaired) electrons. The molecule has 0 bridgehead atoms. The second-order valence-electron chi connectivity index (χ2n) is 8.85. The Morgan fingerprint density at radius 3 is 2.60 bits per heavy atom. The predicted octanol–water partition coefficient (Wildman–Crippen LogP) is 4.02. The van der Waals surface area contributed by atoms with E-state index < -0.39 is 0 Å². The first-order valence-electron chi connectivity index (χ1n) is 11.4. The smallest absolute Gasteiger partial charge is 0.220 e. The average Bonchev–Trinajstić information content (AvgIpc) is 2.76. The topological polar surface area (TPSA) is 59.4 Å². The molecule has 3 rings (SSSR count). The molecule has 0 aromatic heterocycles. The highest BCUT2D eigenvalue weighted by Gasteiger charge is 2.24. The molecule has 1 aliphatic heterocycles. The van der Waals surface area contributed by atoms with Crippen molar-refractivity contribution in [1.29, 1.82) is 5.26 Å². The van der Waals surface area contributed by atoms with Gasteiger partial charge in [-0.1, -0.05) is 0 Å². The lowest BCUT2D eigenvalue weighted by atomic mass is 9.84. The number of nitrogens with one attached hydrogen (secondary N) is 1. The minimum Gasteiger partial charge on any atom is -0.369 e. The van der Waals surface area contributed by atoms with Crippen LogP contribution in [0.4, 0.5) is 10.1 Å². The second-order valence-corrected chi connectivity index (χ2v) is 8.85. The summed E-state index contributed by atoms with van der Waals surface area (Å²) in [6.45, 7) is 7.08. The molecule has 0 unspecified atom stereocenters. The Morgan fingerprint density at radius 2 is 1.93 bits per heavy atom. The van der Waals surface area contributed by atoms with Crippen molar-refractivity contribution in [3.8, 4) is 6.07 Å². The summed E-state index contributed by atoms with van der Waals surface area (Å²) in [6.07, 6.45) is 7.35. The first-order chi connectivity index (χ1) is 14.5. The third-order valence-corrected chi connectivity index (χ3v) is 6.64. The van der Waals surface area contributed by atoms with Crippen molar-refractivity contribution < 1.29 is 9.18 Å². The predicted molar refractivity (Wildman–Crippen MR) is 118 cm³/mol. The molecule has 1 aromatic rings. The zero-order valence-corrected chi connectivity index (χ0v) is 18.2. The van der Waals surface area contributed by atoms with Crippen LogP contribution in [-0.2, 0) is 4.79 Å². The summed E-state index contributed by atoms with van der Waals surface area (Å²) in [5.74, 6) is 0.725. The number of anilines is 1. The lowest BCUT2D eigenvalue weighted by Crippen LogP contribution is -2.47. The molecule has 0 spiro atoms. The summed E-state index contributed by atoms with van der Waals surface area (Å²) in [5.41, 5.74) is 1.84. The van der Waals surface area contributed by atoms with Crippen LogP contribution in [-0.4, -0.2) is 49.6 Å². The van der Waals surface area contributed by atoms with Crippen LogP contribution in [0, 0.1) is 30.0 Å². The monoisotopic (exact) mass is 414 g/mol. The van der Waals surface area contributed by atoms with Crippen LogP contribution in [0.2, 0.25) is 0 Å². The number of carbonyl (C=O) groups is 1. The van der Waals surface area contributed by atoms with E-state index in [0.29, 0.717) is 30.9 Å². The molecular formula is C24H35FN4O. The van der Waals surface area contributed by atoms with Gasteiger partial charge in [-0.15, -0.1) is 0 Å². The van der Waals surface area contributed by atoms with Crippen LogP contribution in [0.15, 0.2) is 18.2 Å². The Bertz CT molecular complexity index is 731. The van der Waals surface area contributed by atoms with Gasteiger partial charge in [0, 0.05) is 50.7 Å². The molecule has 1 aromatic carbocycles. The van der Waals surface area contributed by atoms with E-state index in [-0.39, 0.29) is 11.7 Å². The lowest BCUT2D eigenvalue weighted by molar-refractivity contribution is -0.122. The molecule has 1 saturated carbocycles. The van der Waals surface area contributed by atoms with Gasteiger partial charge in [-0.2, -0.15) is 5.26 Å². The quantitative estimate of drug-likeness (QED) is 0.653. The highest BCUT2D eigenvalue weighted by Crippen LogP contribution is 2.27. The Morgan fingerprint density at radius 1 is 1.20 bits per heavy atom. The number of nitrogens with zero attached hydrogens (tertiary/aromatic N) is 3. The van der Waals surface area contributed by atoms with Gasteiger partial charge < -0.3 is 10.2 Å². The maximum atomic E-state index is 13.5. The van der Waals surface area contributed by atoms with E-state index in [0.717, 1.165) is 57.2 Å².